The van der Waals surface area contributed by atoms with Gasteiger partial charge in [-0.2, -0.15) is 0 Å². The van der Waals surface area contributed by atoms with Gasteiger partial charge in [-0.25, -0.2) is 4.39 Å². The van der Waals surface area contributed by atoms with Crippen LogP contribution in [-0.4, -0.2) is 29.9 Å². The number of hydrogen-bond acceptors (Lipinski definition) is 2. The molecule has 2 aliphatic rings. The summed E-state index contributed by atoms with van der Waals surface area (Å²) in [6, 6.07) is 5.09. The topological polar surface area (TPSA) is 32.3 Å². The number of halogens is 1. The average Bonchev–Trinajstić information content (AvgIpc) is 2.70. The fourth-order valence-electron chi connectivity index (χ4n) is 3.19. The van der Waals surface area contributed by atoms with E-state index in [2.05, 4.69) is 5.32 Å². The molecule has 0 saturated carbocycles. The van der Waals surface area contributed by atoms with Crippen LogP contribution in [0.3, 0.4) is 0 Å². The fourth-order valence-corrected chi connectivity index (χ4v) is 3.19. The zero-order valence-electron chi connectivity index (χ0n) is 11.2. The van der Waals surface area contributed by atoms with Gasteiger partial charge in [-0.1, -0.05) is 6.07 Å². The normalized spacial score (nSPS) is 26.6. The zero-order chi connectivity index (χ0) is 13.4. The first-order chi connectivity index (χ1) is 9.15. The molecule has 1 aromatic rings. The van der Waals surface area contributed by atoms with Crippen molar-refractivity contribution in [2.24, 2.45) is 5.92 Å². The van der Waals surface area contributed by atoms with Gasteiger partial charge in [0, 0.05) is 19.1 Å². The van der Waals surface area contributed by atoms with E-state index in [1.54, 1.807) is 6.07 Å². The van der Waals surface area contributed by atoms with Crippen molar-refractivity contribution in [1.29, 1.82) is 0 Å². The van der Waals surface area contributed by atoms with Crippen LogP contribution in [0.25, 0.3) is 0 Å². The number of piperidine rings is 1. The van der Waals surface area contributed by atoms with Gasteiger partial charge in [0.1, 0.15) is 5.82 Å². The molecule has 1 N–H and O–H groups in total. The smallest absolute Gasteiger partial charge is 0.227 e. The van der Waals surface area contributed by atoms with Crippen molar-refractivity contribution < 1.29 is 9.18 Å². The number of carbonyl (C=O) groups excluding carboxylic acids is 1. The SMILES string of the molecule is Cc1cc(F)ccc1CN1CC2NCCCC2C1=O. The maximum atomic E-state index is 13.1. The Morgan fingerprint density at radius 3 is 3.05 bits per heavy atom. The molecule has 0 bridgehead atoms. The predicted molar refractivity (Wildman–Crippen MR) is 71.1 cm³/mol. The number of nitrogens with one attached hydrogen (secondary N) is 1. The summed E-state index contributed by atoms with van der Waals surface area (Å²) in [4.78, 5) is 14.2. The Labute approximate surface area is 112 Å². The first-order valence-electron chi connectivity index (χ1n) is 6.92. The largest absolute Gasteiger partial charge is 0.336 e. The van der Waals surface area contributed by atoms with Crippen LogP contribution in [0.5, 0.6) is 0 Å². The number of aryl methyl sites for hydroxylation is 1. The van der Waals surface area contributed by atoms with E-state index in [1.165, 1.54) is 12.1 Å². The van der Waals surface area contributed by atoms with Crippen LogP contribution < -0.4 is 5.32 Å². The Morgan fingerprint density at radius 1 is 1.47 bits per heavy atom. The molecule has 3 nitrogen and oxygen atoms in total. The van der Waals surface area contributed by atoms with Crippen molar-refractivity contribution in [3.05, 3.63) is 35.1 Å². The van der Waals surface area contributed by atoms with E-state index in [9.17, 15) is 9.18 Å². The van der Waals surface area contributed by atoms with Gasteiger partial charge >= 0.3 is 0 Å². The molecule has 0 aromatic heterocycles. The molecule has 2 aliphatic heterocycles. The summed E-state index contributed by atoms with van der Waals surface area (Å²) >= 11 is 0. The first-order valence-corrected chi connectivity index (χ1v) is 6.92. The maximum absolute atomic E-state index is 13.1. The minimum Gasteiger partial charge on any atom is -0.336 e. The molecule has 1 aromatic carbocycles. The van der Waals surface area contributed by atoms with Gasteiger partial charge < -0.3 is 10.2 Å². The van der Waals surface area contributed by atoms with Crippen molar-refractivity contribution in [2.45, 2.75) is 32.4 Å². The monoisotopic (exact) mass is 262 g/mol. The van der Waals surface area contributed by atoms with Crippen LogP contribution >= 0.6 is 0 Å². The maximum Gasteiger partial charge on any atom is 0.227 e. The number of fused-ring (bicyclic) bond motifs is 1. The highest BCUT2D eigenvalue weighted by molar-refractivity contribution is 5.82. The van der Waals surface area contributed by atoms with Gasteiger partial charge in [0.2, 0.25) is 5.91 Å². The summed E-state index contributed by atoms with van der Waals surface area (Å²) in [5, 5.41) is 3.43. The molecular weight excluding hydrogens is 243 g/mol. The Kier molecular flexibility index (Phi) is 3.27. The Morgan fingerprint density at radius 2 is 2.32 bits per heavy atom. The molecule has 0 aliphatic carbocycles. The third kappa shape index (κ3) is 2.37. The number of benzene rings is 1. The Bertz CT molecular complexity index is 503. The summed E-state index contributed by atoms with van der Waals surface area (Å²) in [6.07, 6.45) is 2.08. The van der Waals surface area contributed by atoms with E-state index in [4.69, 9.17) is 0 Å². The lowest BCUT2D eigenvalue weighted by Crippen LogP contribution is -2.41. The van der Waals surface area contributed by atoms with E-state index >= 15 is 0 Å². The van der Waals surface area contributed by atoms with Crippen molar-refractivity contribution in [3.63, 3.8) is 0 Å². The van der Waals surface area contributed by atoms with Crippen molar-refractivity contribution in [1.82, 2.24) is 10.2 Å². The van der Waals surface area contributed by atoms with E-state index < -0.39 is 0 Å². The number of rotatable bonds is 2. The molecule has 0 spiro atoms. The Balaban J connectivity index is 1.75. The van der Waals surface area contributed by atoms with Crippen LogP contribution in [-0.2, 0) is 11.3 Å². The third-order valence-corrected chi connectivity index (χ3v) is 4.30. The molecule has 1 amide bonds. The lowest BCUT2D eigenvalue weighted by molar-refractivity contribution is -0.131. The first kappa shape index (κ1) is 12.6. The van der Waals surface area contributed by atoms with Crippen LogP contribution in [0.15, 0.2) is 18.2 Å². The lowest BCUT2D eigenvalue weighted by Gasteiger charge is -2.23. The van der Waals surface area contributed by atoms with Gasteiger partial charge in [-0.05, 0) is 49.6 Å². The third-order valence-electron chi connectivity index (χ3n) is 4.30. The van der Waals surface area contributed by atoms with E-state index in [1.807, 2.05) is 11.8 Å². The van der Waals surface area contributed by atoms with Crippen molar-refractivity contribution in [3.8, 4) is 0 Å². The average molecular weight is 262 g/mol. The van der Waals surface area contributed by atoms with E-state index in [0.717, 1.165) is 37.1 Å². The van der Waals surface area contributed by atoms with Gasteiger partial charge in [0.25, 0.3) is 0 Å². The van der Waals surface area contributed by atoms with Crippen molar-refractivity contribution >= 4 is 5.91 Å². The second-order valence-electron chi connectivity index (χ2n) is 5.60. The predicted octanol–water partition coefficient (Wildman–Crippen LogP) is 1.84. The molecule has 2 heterocycles. The van der Waals surface area contributed by atoms with Crippen LogP contribution in [0.2, 0.25) is 0 Å². The number of nitrogens with zero attached hydrogens (tertiary/aromatic N) is 1. The molecule has 102 valence electrons. The van der Waals surface area contributed by atoms with Crippen LogP contribution in [0.4, 0.5) is 4.39 Å². The molecule has 2 atom stereocenters. The number of amides is 1. The van der Waals surface area contributed by atoms with Gasteiger partial charge in [-0.3, -0.25) is 4.79 Å². The molecule has 4 heteroatoms. The van der Waals surface area contributed by atoms with Crippen LogP contribution in [0, 0.1) is 18.7 Å². The van der Waals surface area contributed by atoms with Gasteiger partial charge in [0.15, 0.2) is 0 Å². The summed E-state index contributed by atoms with van der Waals surface area (Å²) in [7, 11) is 0. The lowest BCUT2D eigenvalue weighted by atomic mass is 9.94. The van der Waals surface area contributed by atoms with E-state index in [0.29, 0.717) is 12.6 Å². The molecule has 2 unspecified atom stereocenters. The summed E-state index contributed by atoms with van der Waals surface area (Å²) in [5.74, 6) is 0.180. The molecule has 0 radical (unpaired) electrons. The molecule has 19 heavy (non-hydrogen) atoms. The number of carbonyl (C=O) groups is 1. The standard InChI is InChI=1S/C15H19FN2O/c1-10-7-12(16)5-4-11(10)8-18-9-14-13(15(18)19)3-2-6-17-14/h4-5,7,13-14,17H,2-3,6,8-9H2,1H3. The minimum atomic E-state index is -0.218. The number of likely N-dealkylation sites (tertiary alicyclic amines) is 1. The quantitative estimate of drug-likeness (QED) is 0.882. The van der Waals surface area contributed by atoms with Crippen molar-refractivity contribution in [2.75, 3.05) is 13.1 Å². The highest BCUT2D eigenvalue weighted by Crippen LogP contribution is 2.28. The summed E-state index contributed by atoms with van der Waals surface area (Å²) in [5.41, 5.74) is 1.95. The van der Waals surface area contributed by atoms with Gasteiger partial charge in [-0.15, -0.1) is 0 Å². The molecular formula is C15H19FN2O. The Hall–Kier alpha value is -1.42. The highest BCUT2D eigenvalue weighted by atomic mass is 19.1. The fraction of sp³-hybridized carbons (Fsp3) is 0.533. The minimum absolute atomic E-state index is 0.148. The van der Waals surface area contributed by atoms with Crippen LogP contribution in [0.1, 0.15) is 24.0 Å². The summed E-state index contributed by atoms with van der Waals surface area (Å²) in [6.45, 7) is 4.28. The second kappa shape index (κ2) is 4.93. The van der Waals surface area contributed by atoms with Gasteiger partial charge in [0.05, 0.1) is 5.92 Å². The second-order valence-corrected chi connectivity index (χ2v) is 5.60. The molecule has 2 fully saturated rings. The molecule has 3 rings (SSSR count). The molecule has 2 saturated heterocycles. The van der Waals surface area contributed by atoms with E-state index in [-0.39, 0.29) is 17.6 Å². The summed E-state index contributed by atoms with van der Waals surface area (Å²) < 4.78 is 13.1. The number of hydrogen-bond donors (Lipinski definition) is 1. The highest BCUT2D eigenvalue weighted by Gasteiger charge is 2.41. The zero-order valence-corrected chi connectivity index (χ0v) is 11.2.